The number of fused-ring (bicyclic) bond motifs is 7. The van der Waals surface area contributed by atoms with Gasteiger partial charge in [0.15, 0.2) is 0 Å². The predicted molar refractivity (Wildman–Crippen MR) is 208 cm³/mol. The van der Waals surface area contributed by atoms with Crippen LogP contribution in [0.2, 0.25) is 0 Å². The van der Waals surface area contributed by atoms with Gasteiger partial charge in [-0.15, -0.1) is 0 Å². The van der Waals surface area contributed by atoms with Crippen LogP contribution in [-0.4, -0.2) is 0 Å². The highest BCUT2D eigenvalue weighted by Gasteiger charge is 2.21. The van der Waals surface area contributed by atoms with Crippen LogP contribution in [0.1, 0.15) is 16.4 Å². The van der Waals surface area contributed by atoms with Gasteiger partial charge < -0.3 is 4.42 Å². The van der Waals surface area contributed by atoms with Gasteiger partial charge in [-0.05, 0) is 102 Å². The lowest BCUT2D eigenvalue weighted by Crippen LogP contribution is -1.92. The minimum Gasteiger partial charge on any atom is -0.455 e. The molecule has 10 rings (SSSR count). The SMILES string of the molecule is [2H]c1c(-c2ccccc2)c([2H])c(-c2c3ccccc3c(-c3c([2H])c([2H])c([2H])c4oc5c6c([2H])c([2H])c([2H])c([2H])c6c([2H])c([2H])c5c34)c3ccccc23)c([2H])c1-c1ccccc1. The molecular formula is C48H30O. The highest BCUT2D eigenvalue weighted by atomic mass is 16.3. The predicted octanol–water partition coefficient (Wildman–Crippen LogP) is 13.7. The van der Waals surface area contributed by atoms with Gasteiger partial charge in [-0.25, -0.2) is 0 Å². The maximum Gasteiger partial charge on any atom is 0.143 e. The fourth-order valence-electron chi connectivity index (χ4n) is 6.91. The van der Waals surface area contributed by atoms with E-state index in [4.69, 9.17) is 14.0 Å². The Labute approximate surface area is 301 Å². The first-order chi connectivity index (χ1) is 29.3. The van der Waals surface area contributed by atoms with Crippen molar-refractivity contribution in [3.63, 3.8) is 0 Å². The Morgan fingerprint density at radius 3 is 1.57 bits per heavy atom. The molecule has 0 saturated carbocycles. The Kier molecular flexibility index (Phi) is 4.11. The molecule has 0 aliphatic rings. The Morgan fingerprint density at radius 1 is 0.388 bits per heavy atom. The molecule has 0 saturated heterocycles. The number of rotatable bonds is 4. The van der Waals surface area contributed by atoms with E-state index < -0.39 is 48.3 Å². The van der Waals surface area contributed by atoms with Gasteiger partial charge in [0, 0.05) is 16.2 Å². The molecule has 0 N–H and O–H groups in total. The lowest BCUT2D eigenvalue weighted by atomic mass is 9.83. The molecule has 228 valence electrons. The molecule has 49 heavy (non-hydrogen) atoms. The molecule has 0 amide bonds. The summed E-state index contributed by atoms with van der Waals surface area (Å²) < 4.78 is 116. The van der Waals surface area contributed by atoms with Crippen LogP contribution in [0, 0.1) is 0 Å². The molecule has 0 aliphatic carbocycles. The van der Waals surface area contributed by atoms with E-state index in [1.54, 1.807) is 0 Å². The van der Waals surface area contributed by atoms with Gasteiger partial charge >= 0.3 is 0 Å². The van der Waals surface area contributed by atoms with Crippen molar-refractivity contribution >= 4 is 54.3 Å². The molecule has 0 unspecified atom stereocenters. The summed E-state index contributed by atoms with van der Waals surface area (Å²) in [6.45, 7) is 0. The third kappa shape index (κ3) is 4.40. The molecule has 1 aromatic heterocycles. The van der Waals surface area contributed by atoms with E-state index in [0.717, 1.165) is 0 Å². The lowest BCUT2D eigenvalue weighted by Gasteiger charge is -2.19. The monoisotopic (exact) mass is 634 g/mol. The molecule has 1 heterocycles. The molecule has 1 heteroatoms. The third-order valence-electron chi connectivity index (χ3n) is 9.06. The zero-order valence-corrected chi connectivity index (χ0v) is 25.8. The van der Waals surface area contributed by atoms with Crippen molar-refractivity contribution in [3.8, 4) is 44.5 Å². The van der Waals surface area contributed by atoms with Crippen molar-refractivity contribution in [2.24, 2.45) is 0 Å². The Balaban J connectivity index is 1.42. The van der Waals surface area contributed by atoms with Crippen molar-refractivity contribution < 1.29 is 20.9 Å². The second-order valence-electron chi connectivity index (χ2n) is 11.8. The van der Waals surface area contributed by atoms with Crippen molar-refractivity contribution in [1.29, 1.82) is 0 Å². The van der Waals surface area contributed by atoms with Crippen LogP contribution in [0.3, 0.4) is 0 Å². The van der Waals surface area contributed by atoms with Crippen LogP contribution in [0.15, 0.2) is 186 Å². The molecule has 0 bridgehead atoms. The van der Waals surface area contributed by atoms with Crippen molar-refractivity contribution in [2.75, 3.05) is 0 Å². The zero-order valence-electron chi connectivity index (χ0n) is 37.8. The summed E-state index contributed by atoms with van der Waals surface area (Å²) >= 11 is 0. The summed E-state index contributed by atoms with van der Waals surface area (Å²) in [5.74, 6) is 0. The van der Waals surface area contributed by atoms with E-state index >= 15 is 0 Å². The quantitative estimate of drug-likeness (QED) is 0.176. The molecular weight excluding hydrogens is 593 g/mol. The minimum absolute atomic E-state index is 0.0152. The van der Waals surface area contributed by atoms with Crippen molar-refractivity contribution in [3.05, 3.63) is 182 Å². The normalized spacial score (nSPS) is 15.1. The summed E-state index contributed by atoms with van der Waals surface area (Å²) in [5.41, 5.74) is 3.04. The van der Waals surface area contributed by atoms with Gasteiger partial charge in [-0.2, -0.15) is 0 Å². The second kappa shape index (κ2) is 11.1. The molecule has 10 aromatic rings. The maximum absolute atomic E-state index is 9.84. The van der Waals surface area contributed by atoms with Gasteiger partial charge in [0.1, 0.15) is 11.2 Å². The maximum atomic E-state index is 9.84. The van der Waals surface area contributed by atoms with Crippen molar-refractivity contribution in [1.82, 2.24) is 0 Å². The third-order valence-corrected chi connectivity index (χ3v) is 9.06. The van der Waals surface area contributed by atoms with Gasteiger partial charge in [0.05, 0.1) is 16.4 Å². The highest BCUT2D eigenvalue weighted by Crippen LogP contribution is 2.48. The first-order valence-electron chi connectivity index (χ1n) is 21.9. The van der Waals surface area contributed by atoms with E-state index in [1.165, 1.54) is 0 Å². The average Bonchev–Trinajstić information content (AvgIpc) is 3.67. The van der Waals surface area contributed by atoms with Crippen LogP contribution in [0.25, 0.3) is 98.8 Å². The first kappa shape index (κ1) is 18.2. The van der Waals surface area contributed by atoms with E-state index in [-0.39, 0.29) is 68.0 Å². The fraction of sp³-hybridized carbons (Fsp3) is 0. The minimum atomic E-state index is -0.571. The summed E-state index contributed by atoms with van der Waals surface area (Å²) in [5, 5.41) is 1.97. The Morgan fingerprint density at radius 2 is 0.939 bits per heavy atom. The summed E-state index contributed by atoms with van der Waals surface area (Å²) in [6.07, 6.45) is 0. The van der Waals surface area contributed by atoms with E-state index in [2.05, 4.69) is 0 Å². The Bertz CT molecular complexity index is 3420. The van der Waals surface area contributed by atoms with Gasteiger partial charge in [0.25, 0.3) is 0 Å². The van der Waals surface area contributed by atoms with Crippen LogP contribution < -0.4 is 0 Å². The number of benzene rings is 9. The summed E-state index contributed by atoms with van der Waals surface area (Å²) in [4.78, 5) is 0. The molecule has 0 fully saturated rings. The van der Waals surface area contributed by atoms with E-state index in [9.17, 15) is 6.85 Å². The van der Waals surface area contributed by atoms with E-state index in [0.29, 0.717) is 54.9 Å². The standard InChI is InChI=1S/C48H30O/c1-3-14-31(15-4-1)34-28-35(32-16-5-2-6-17-32)30-36(29-34)45-38-20-9-11-22-40(38)46(41-23-12-10-21-39(41)45)42-24-13-25-44-47(42)43-27-26-33-18-7-8-19-37(33)48(43)49-44/h1-30H/i7D,8D,13D,18D,19D,24D,25D,26D,27D,28D,29D,30D. The smallest absolute Gasteiger partial charge is 0.143 e. The molecule has 1 nitrogen and oxygen atoms in total. The number of hydrogen-bond acceptors (Lipinski definition) is 1. The largest absolute Gasteiger partial charge is 0.455 e. The second-order valence-corrected chi connectivity index (χ2v) is 11.8. The van der Waals surface area contributed by atoms with Crippen LogP contribution >= 0.6 is 0 Å². The summed E-state index contributed by atoms with van der Waals surface area (Å²) in [7, 11) is 0. The molecule has 0 radical (unpaired) electrons. The van der Waals surface area contributed by atoms with Gasteiger partial charge in [-0.1, -0.05) is 151 Å². The summed E-state index contributed by atoms with van der Waals surface area (Å²) in [6, 6.07) is 28.8. The number of hydrogen-bond donors (Lipinski definition) is 0. The first-order valence-corrected chi connectivity index (χ1v) is 15.9. The molecule has 0 atom stereocenters. The molecule has 0 spiro atoms. The Hall–Kier alpha value is -6.44. The van der Waals surface area contributed by atoms with Gasteiger partial charge in [0.2, 0.25) is 0 Å². The van der Waals surface area contributed by atoms with E-state index in [1.807, 2.05) is 109 Å². The highest BCUT2D eigenvalue weighted by molar-refractivity contribution is 6.27. The fourth-order valence-corrected chi connectivity index (χ4v) is 6.91. The number of furan rings is 1. The van der Waals surface area contributed by atoms with Crippen LogP contribution in [0.4, 0.5) is 0 Å². The lowest BCUT2D eigenvalue weighted by molar-refractivity contribution is 0.673. The van der Waals surface area contributed by atoms with Crippen LogP contribution in [-0.2, 0) is 0 Å². The molecule has 0 aliphatic heterocycles. The topological polar surface area (TPSA) is 13.1 Å². The average molecular weight is 635 g/mol. The van der Waals surface area contributed by atoms with Crippen molar-refractivity contribution in [2.45, 2.75) is 0 Å². The van der Waals surface area contributed by atoms with Crippen LogP contribution in [0.5, 0.6) is 0 Å². The zero-order chi connectivity index (χ0) is 42.8. The molecule has 9 aromatic carbocycles. The van der Waals surface area contributed by atoms with Gasteiger partial charge in [-0.3, -0.25) is 0 Å².